The van der Waals surface area contributed by atoms with Crippen molar-refractivity contribution in [3.05, 3.63) is 78.0 Å². The van der Waals surface area contributed by atoms with Crippen LogP contribution < -0.4 is 0 Å². The van der Waals surface area contributed by atoms with Crippen molar-refractivity contribution in [3.8, 4) is 22.4 Å². The van der Waals surface area contributed by atoms with Crippen LogP contribution in [0.25, 0.3) is 22.4 Å². The maximum absolute atomic E-state index is 5.05. The van der Waals surface area contributed by atoms with E-state index in [9.17, 15) is 0 Å². The smallest absolute Gasteiger partial charge is 0.0711 e. The molecule has 0 aliphatic heterocycles. The van der Waals surface area contributed by atoms with Crippen molar-refractivity contribution in [1.29, 1.82) is 0 Å². The second-order valence-corrected chi connectivity index (χ2v) is 6.44. The molecule has 1 nitrogen and oxygen atoms in total. The average Bonchev–Trinajstić information content (AvgIpc) is 2.63. The van der Waals surface area contributed by atoms with Crippen LogP contribution in [-0.4, -0.2) is 4.98 Å². The molecule has 1 aliphatic carbocycles. The third kappa shape index (κ3) is 2.68. The van der Waals surface area contributed by atoms with Gasteiger partial charge in [-0.05, 0) is 47.9 Å². The van der Waals surface area contributed by atoms with E-state index in [4.69, 9.17) is 4.98 Å². The standard InChI is InChI=1S/C22H21N/c1-16-9-8-14-19-20(17-10-4-2-5-11-17)15-21(23-22(16)19)18-12-6-3-7-13-18/h2-7,10-13,15-16H,8-9,14H2,1H3. The average molecular weight is 299 g/mol. The molecule has 2 aromatic carbocycles. The number of benzene rings is 2. The fourth-order valence-electron chi connectivity index (χ4n) is 3.62. The van der Waals surface area contributed by atoms with E-state index in [1.807, 2.05) is 0 Å². The van der Waals surface area contributed by atoms with E-state index in [0.29, 0.717) is 5.92 Å². The lowest BCUT2D eigenvalue weighted by molar-refractivity contribution is 0.575. The van der Waals surface area contributed by atoms with Crippen LogP contribution in [0, 0.1) is 0 Å². The molecule has 1 aromatic heterocycles. The molecule has 0 saturated heterocycles. The van der Waals surface area contributed by atoms with Gasteiger partial charge in [-0.15, -0.1) is 0 Å². The molecule has 1 atom stereocenters. The molecular weight excluding hydrogens is 278 g/mol. The predicted molar refractivity (Wildman–Crippen MR) is 96.5 cm³/mol. The van der Waals surface area contributed by atoms with Gasteiger partial charge in [0.15, 0.2) is 0 Å². The first-order chi connectivity index (χ1) is 11.3. The Balaban J connectivity index is 1.95. The summed E-state index contributed by atoms with van der Waals surface area (Å²) in [6.07, 6.45) is 3.65. The van der Waals surface area contributed by atoms with Gasteiger partial charge in [0, 0.05) is 11.3 Å². The SMILES string of the molecule is CC1CCCc2c(-c3ccccc3)cc(-c3ccccc3)nc21. The maximum atomic E-state index is 5.05. The van der Waals surface area contributed by atoms with Crippen LogP contribution in [0.5, 0.6) is 0 Å². The Morgan fingerprint density at radius 3 is 2.22 bits per heavy atom. The van der Waals surface area contributed by atoms with Gasteiger partial charge in [0.1, 0.15) is 0 Å². The van der Waals surface area contributed by atoms with Crippen LogP contribution in [0.2, 0.25) is 0 Å². The van der Waals surface area contributed by atoms with Gasteiger partial charge in [0.25, 0.3) is 0 Å². The molecule has 1 unspecified atom stereocenters. The van der Waals surface area contributed by atoms with Crippen molar-refractivity contribution in [2.75, 3.05) is 0 Å². The van der Waals surface area contributed by atoms with Crippen molar-refractivity contribution in [3.63, 3.8) is 0 Å². The number of aromatic nitrogens is 1. The topological polar surface area (TPSA) is 12.9 Å². The van der Waals surface area contributed by atoms with E-state index >= 15 is 0 Å². The summed E-state index contributed by atoms with van der Waals surface area (Å²) in [5, 5.41) is 0. The number of pyridine rings is 1. The summed E-state index contributed by atoms with van der Waals surface area (Å²) in [5.41, 5.74) is 7.71. The Kier molecular flexibility index (Phi) is 3.70. The maximum Gasteiger partial charge on any atom is 0.0711 e. The lowest BCUT2D eigenvalue weighted by atomic mass is 9.83. The molecule has 0 radical (unpaired) electrons. The van der Waals surface area contributed by atoms with Crippen LogP contribution in [0.4, 0.5) is 0 Å². The zero-order valence-electron chi connectivity index (χ0n) is 13.5. The highest BCUT2D eigenvalue weighted by Gasteiger charge is 2.22. The summed E-state index contributed by atoms with van der Waals surface area (Å²) in [4.78, 5) is 5.05. The second-order valence-electron chi connectivity index (χ2n) is 6.44. The number of hydrogen-bond acceptors (Lipinski definition) is 1. The van der Waals surface area contributed by atoms with Gasteiger partial charge in [-0.2, -0.15) is 0 Å². The molecule has 114 valence electrons. The Morgan fingerprint density at radius 1 is 0.870 bits per heavy atom. The third-order valence-electron chi connectivity index (χ3n) is 4.84. The summed E-state index contributed by atoms with van der Waals surface area (Å²) in [5.74, 6) is 0.546. The van der Waals surface area contributed by atoms with E-state index in [2.05, 4.69) is 73.7 Å². The molecule has 1 heteroatoms. The Bertz CT molecular complexity index is 806. The summed E-state index contributed by atoms with van der Waals surface area (Å²) >= 11 is 0. The fourth-order valence-corrected chi connectivity index (χ4v) is 3.62. The van der Waals surface area contributed by atoms with Crippen molar-refractivity contribution in [2.24, 2.45) is 0 Å². The van der Waals surface area contributed by atoms with Crippen LogP contribution in [0.15, 0.2) is 66.7 Å². The number of nitrogens with zero attached hydrogens (tertiary/aromatic N) is 1. The first kappa shape index (κ1) is 14.2. The summed E-state index contributed by atoms with van der Waals surface area (Å²) in [6, 6.07) is 23.6. The Morgan fingerprint density at radius 2 is 1.52 bits per heavy atom. The van der Waals surface area contributed by atoms with Crippen molar-refractivity contribution < 1.29 is 0 Å². The highest BCUT2D eigenvalue weighted by atomic mass is 14.7. The third-order valence-corrected chi connectivity index (χ3v) is 4.84. The van der Waals surface area contributed by atoms with E-state index in [-0.39, 0.29) is 0 Å². The number of rotatable bonds is 2. The van der Waals surface area contributed by atoms with Gasteiger partial charge >= 0.3 is 0 Å². The molecule has 3 aromatic rings. The molecule has 0 saturated carbocycles. The van der Waals surface area contributed by atoms with Gasteiger partial charge in [-0.25, -0.2) is 0 Å². The lowest BCUT2D eigenvalue weighted by Crippen LogP contribution is -2.11. The summed E-state index contributed by atoms with van der Waals surface area (Å²) in [6.45, 7) is 2.31. The normalized spacial score (nSPS) is 16.8. The zero-order chi connectivity index (χ0) is 15.6. The highest BCUT2D eigenvalue weighted by molar-refractivity contribution is 5.74. The molecule has 4 rings (SSSR count). The molecule has 0 N–H and O–H groups in total. The number of hydrogen-bond donors (Lipinski definition) is 0. The fraction of sp³-hybridized carbons (Fsp3) is 0.227. The van der Waals surface area contributed by atoms with Gasteiger partial charge in [0.2, 0.25) is 0 Å². The van der Waals surface area contributed by atoms with E-state index in [0.717, 1.165) is 12.1 Å². The second kappa shape index (κ2) is 6.00. The zero-order valence-corrected chi connectivity index (χ0v) is 13.5. The lowest BCUT2D eigenvalue weighted by Gasteiger charge is -2.25. The Labute approximate surface area is 138 Å². The van der Waals surface area contributed by atoms with E-state index < -0.39 is 0 Å². The quantitative estimate of drug-likeness (QED) is 0.578. The van der Waals surface area contributed by atoms with E-state index in [1.54, 1.807) is 0 Å². The largest absolute Gasteiger partial charge is 0.252 e. The minimum atomic E-state index is 0.546. The number of fused-ring (bicyclic) bond motifs is 1. The summed E-state index contributed by atoms with van der Waals surface area (Å²) in [7, 11) is 0. The molecule has 0 amide bonds. The predicted octanol–water partition coefficient (Wildman–Crippen LogP) is 5.86. The van der Waals surface area contributed by atoms with Crippen molar-refractivity contribution in [2.45, 2.75) is 32.1 Å². The van der Waals surface area contributed by atoms with Gasteiger partial charge in [0.05, 0.1) is 5.69 Å². The van der Waals surface area contributed by atoms with Crippen molar-refractivity contribution >= 4 is 0 Å². The van der Waals surface area contributed by atoms with Crippen LogP contribution in [-0.2, 0) is 6.42 Å². The van der Waals surface area contributed by atoms with Gasteiger partial charge in [-0.1, -0.05) is 67.6 Å². The molecule has 0 bridgehead atoms. The summed E-state index contributed by atoms with van der Waals surface area (Å²) < 4.78 is 0. The van der Waals surface area contributed by atoms with Gasteiger partial charge < -0.3 is 0 Å². The molecule has 1 heterocycles. The minimum Gasteiger partial charge on any atom is -0.252 e. The Hall–Kier alpha value is -2.41. The van der Waals surface area contributed by atoms with E-state index in [1.165, 1.54) is 40.8 Å². The highest BCUT2D eigenvalue weighted by Crippen LogP contribution is 2.38. The molecular formula is C22H21N. The van der Waals surface area contributed by atoms with Gasteiger partial charge in [-0.3, -0.25) is 4.98 Å². The first-order valence-electron chi connectivity index (χ1n) is 8.47. The molecule has 23 heavy (non-hydrogen) atoms. The van der Waals surface area contributed by atoms with Crippen molar-refractivity contribution in [1.82, 2.24) is 4.98 Å². The molecule has 1 aliphatic rings. The molecule has 0 spiro atoms. The van der Waals surface area contributed by atoms with Crippen LogP contribution in [0.3, 0.4) is 0 Å². The van der Waals surface area contributed by atoms with Crippen LogP contribution in [0.1, 0.15) is 36.9 Å². The molecule has 0 fully saturated rings. The van der Waals surface area contributed by atoms with Crippen LogP contribution >= 0.6 is 0 Å². The monoisotopic (exact) mass is 299 g/mol. The first-order valence-corrected chi connectivity index (χ1v) is 8.47. The minimum absolute atomic E-state index is 0.546.